The van der Waals surface area contributed by atoms with Gasteiger partial charge in [-0.25, -0.2) is 4.98 Å². The van der Waals surface area contributed by atoms with Crippen LogP contribution in [0.3, 0.4) is 0 Å². The summed E-state index contributed by atoms with van der Waals surface area (Å²) in [6, 6.07) is 0. The molecule has 2 N–H and O–H groups in total. The number of nitrogens with zero attached hydrogens (tertiary/aromatic N) is 2. The molecular weight excluding hydrogens is 258 g/mol. The molecule has 1 fully saturated rings. The largest absolute Gasteiger partial charge is 0.481 e. The van der Waals surface area contributed by atoms with E-state index in [1.165, 1.54) is 0 Å². The molecule has 1 aromatic rings. The van der Waals surface area contributed by atoms with Crippen LogP contribution in [0.25, 0.3) is 0 Å². The number of nitrogens with one attached hydrogen (secondary N) is 1. The molecular formula is C14H21N3O3. The van der Waals surface area contributed by atoms with Gasteiger partial charge in [-0.15, -0.1) is 0 Å². The Morgan fingerprint density at radius 3 is 2.80 bits per heavy atom. The Morgan fingerprint density at radius 1 is 1.50 bits per heavy atom. The number of aliphatic carboxylic acids is 1. The van der Waals surface area contributed by atoms with Gasteiger partial charge in [0, 0.05) is 25.5 Å². The summed E-state index contributed by atoms with van der Waals surface area (Å²) in [5.74, 6) is -0.541. The number of rotatable bonds is 6. The monoisotopic (exact) mass is 279 g/mol. The Morgan fingerprint density at radius 2 is 2.20 bits per heavy atom. The molecule has 0 radical (unpaired) electrons. The summed E-state index contributed by atoms with van der Waals surface area (Å²) in [5.41, 5.74) is -0.938. The van der Waals surface area contributed by atoms with Crippen LogP contribution in [0.4, 0.5) is 5.82 Å². The first-order chi connectivity index (χ1) is 9.59. The number of aromatic nitrogens is 2. The third-order valence-electron chi connectivity index (χ3n) is 3.99. The van der Waals surface area contributed by atoms with Crippen molar-refractivity contribution in [2.24, 2.45) is 5.41 Å². The van der Waals surface area contributed by atoms with Crippen molar-refractivity contribution >= 4 is 11.8 Å². The van der Waals surface area contributed by atoms with Crippen molar-refractivity contribution in [1.29, 1.82) is 0 Å². The predicted octanol–water partition coefficient (Wildman–Crippen LogP) is 1.71. The predicted molar refractivity (Wildman–Crippen MR) is 75.8 cm³/mol. The van der Waals surface area contributed by atoms with Gasteiger partial charge in [0.2, 0.25) is 0 Å². The third-order valence-corrected chi connectivity index (χ3v) is 3.99. The molecule has 6 heteroatoms. The lowest BCUT2D eigenvalue weighted by Crippen LogP contribution is -2.37. The highest BCUT2D eigenvalue weighted by Crippen LogP contribution is 2.38. The maximum Gasteiger partial charge on any atom is 0.311 e. The van der Waals surface area contributed by atoms with Gasteiger partial charge in [0.05, 0.1) is 5.41 Å². The van der Waals surface area contributed by atoms with E-state index in [2.05, 4.69) is 10.3 Å². The highest BCUT2D eigenvalue weighted by Gasteiger charge is 2.41. The maximum absolute atomic E-state index is 12.1. The first-order valence-electron chi connectivity index (χ1n) is 7.12. The molecule has 0 bridgehead atoms. The molecule has 1 aliphatic carbocycles. The zero-order valence-electron chi connectivity index (χ0n) is 11.8. The normalized spacial score (nSPS) is 17.1. The number of carboxylic acid groups (broad SMARTS) is 1. The van der Waals surface area contributed by atoms with E-state index in [-0.39, 0.29) is 17.9 Å². The Kier molecular flexibility index (Phi) is 4.42. The van der Waals surface area contributed by atoms with Crippen LogP contribution in [-0.4, -0.2) is 27.2 Å². The summed E-state index contributed by atoms with van der Waals surface area (Å²) >= 11 is 0. The fourth-order valence-corrected chi connectivity index (χ4v) is 2.76. The summed E-state index contributed by atoms with van der Waals surface area (Å²) in [4.78, 5) is 27.6. The van der Waals surface area contributed by atoms with Crippen LogP contribution in [0.5, 0.6) is 0 Å². The van der Waals surface area contributed by atoms with E-state index in [0.717, 1.165) is 19.3 Å². The molecule has 1 saturated carbocycles. The molecule has 0 atom stereocenters. The molecule has 6 nitrogen and oxygen atoms in total. The van der Waals surface area contributed by atoms with Crippen LogP contribution < -0.4 is 10.9 Å². The molecule has 0 saturated heterocycles. The highest BCUT2D eigenvalue weighted by molar-refractivity contribution is 5.75. The number of hydrogen-bond acceptors (Lipinski definition) is 4. The van der Waals surface area contributed by atoms with Crippen LogP contribution in [-0.2, 0) is 11.3 Å². The second kappa shape index (κ2) is 6.07. The summed E-state index contributed by atoms with van der Waals surface area (Å²) in [5, 5.41) is 12.4. The van der Waals surface area contributed by atoms with Gasteiger partial charge in [0.15, 0.2) is 5.82 Å². The van der Waals surface area contributed by atoms with Gasteiger partial charge in [-0.05, 0) is 19.3 Å². The Bertz CT molecular complexity index is 533. The van der Waals surface area contributed by atoms with Gasteiger partial charge < -0.3 is 15.0 Å². The quantitative estimate of drug-likeness (QED) is 0.828. The molecule has 110 valence electrons. The van der Waals surface area contributed by atoms with E-state index in [4.69, 9.17) is 0 Å². The average Bonchev–Trinajstić information content (AvgIpc) is 2.90. The van der Waals surface area contributed by atoms with E-state index >= 15 is 0 Å². The van der Waals surface area contributed by atoms with Gasteiger partial charge in [-0.2, -0.15) is 0 Å². The van der Waals surface area contributed by atoms with E-state index in [1.54, 1.807) is 17.0 Å². The van der Waals surface area contributed by atoms with Crippen molar-refractivity contribution in [2.45, 2.75) is 45.6 Å². The Labute approximate surface area is 117 Å². The number of carbonyl (C=O) groups is 1. The van der Waals surface area contributed by atoms with Crippen molar-refractivity contribution < 1.29 is 9.90 Å². The van der Waals surface area contributed by atoms with E-state index in [9.17, 15) is 14.7 Å². The van der Waals surface area contributed by atoms with Gasteiger partial charge >= 0.3 is 5.97 Å². The van der Waals surface area contributed by atoms with E-state index < -0.39 is 11.4 Å². The number of carboxylic acids is 1. The zero-order chi connectivity index (χ0) is 14.6. The first-order valence-corrected chi connectivity index (χ1v) is 7.12. The fraction of sp³-hybridized carbons (Fsp3) is 0.643. The third kappa shape index (κ3) is 2.84. The van der Waals surface area contributed by atoms with Crippen molar-refractivity contribution in [2.75, 3.05) is 11.9 Å². The number of hydrogen-bond donors (Lipinski definition) is 2. The Balaban J connectivity index is 2.12. The topological polar surface area (TPSA) is 84.2 Å². The molecule has 0 spiro atoms. The second-order valence-electron chi connectivity index (χ2n) is 5.42. The highest BCUT2D eigenvalue weighted by atomic mass is 16.4. The Hall–Kier alpha value is -1.85. The van der Waals surface area contributed by atoms with Gasteiger partial charge in [-0.3, -0.25) is 9.59 Å². The maximum atomic E-state index is 12.1. The average molecular weight is 279 g/mol. The fourth-order valence-electron chi connectivity index (χ4n) is 2.76. The van der Waals surface area contributed by atoms with Crippen LogP contribution in [0.15, 0.2) is 17.2 Å². The number of aryl methyl sites for hydroxylation is 1. The second-order valence-corrected chi connectivity index (χ2v) is 5.42. The zero-order valence-corrected chi connectivity index (χ0v) is 11.8. The molecule has 2 rings (SSSR count). The van der Waals surface area contributed by atoms with Crippen LogP contribution in [0, 0.1) is 5.41 Å². The van der Waals surface area contributed by atoms with Crippen molar-refractivity contribution in [3.05, 3.63) is 22.7 Å². The van der Waals surface area contributed by atoms with Crippen LogP contribution in [0.1, 0.15) is 39.0 Å². The lowest BCUT2D eigenvalue weighted by molar-refractivity contribution is -0.147. The van der Waals surface area contributed by atoms with Crippen molar-refractivity contribution in [3.8, 4) is 0 Å². The lowest BCUT2D eigenvalue weighted by atomic mass is 9.86. The molecule has 1 aliphatic rings. The number of anilines is 1. The molecule has 0 aromatic carbocycles. The minimum Gasteiger partial charge on any atom is -0.481 e. The molecule has 0 amide bonds. The van der Waals surface area contributed by atoms with Crippen molar-refractivity contribution in [3.63, 3.8) is 0 Å². The smallest absolute Gasteiger partial charge is 0.311 e. The van der Waals surface area contributed by atoms with Crippen LogP contribution in [0.2, 0.25) is 0 Å². The minimum atomic E-state index is -0.785. The minimum absolute atomic E-state index is 0.187. The molecule has 1 heterocycles. The van der Waals surface area contributed by atoms with Gasteiger partial charge in [0.25, 0.3) is 5.56 Å². The van der Waals surface area contributed by atoms with E-state index in [1.807, 2.05) is 6.92 Å². The lowest BCUT2D eigenvalue weighted by Gasteiger charge is -2.24. The molecule has 0 unspecified atom stereocenters. The summed E-state index contributed by atoms with van der Waals surface area (Å²) in [6.45, 7) is 2.90. The van der Waals surface area contributed by atoms with E-state index in [0.29, 0.717) is 19.4 Å². The molecule has 20 heavy (non-hydrogen) atoms. The SMILES string of the molecule is CCCn1ccnc(NCC2(C(=O)O)CCCC2)c1=O. The standard InChI is InChI=1S/C14H21N3O3/c1-2-8-17-9-7-15-11(12(17)18)16-10-14(13(19)20)5-3-4-6-14/h7,9H,2-6,8,10H2,1H3,(H,15,16)(H,19,20). The summed E-state index contributed by atoms with van der Waals surface area (Å²) in [6.07, 6.45) is 7.26. The van der Waals surface area contributed by atoms with Gasteiger partial charge in [0.1, 0.15) is 0 Å². The molecule has 0 aliphatic heterocycles. The summed E-state index contributed by atoms with van der Waals surface area (Å²) in [7, 11) is 0. The van der Waals surface area contributed by atoms with Crippen molar-refractivity contribution in [1.82, 2.24) is 9.55 Å². The first kappa shape index (κ1) is 14.6. The summed E-state index contributed by atoms with van der Waals surface area (Å²) < 4.78 is 1.59. The molecule has 1 aromatic heterocycles. The van der Waals surface area contributed by atoms with Crippen LogP contribution >= 0.6 is 0 Å². The van der Waals surface area contributed by atoms with Gasteiger partial charge in [-0.1, -0.05) is 19.8 Å².